The molecule has 1 amide bonds. The van der Waals surface area contributed by atoms with Crippen LogP contribution in [0.15, 0.2) is 36.4 Å². The Labute approximate surface area is 146 Å². The van der Waals surface area contributed by atoms with Gasteiger partial charge in [0, 0.05) is 24.3 Å². The molecular weight excluding hydrogens is 322 g/mol. The van der Waals surface area contributed by atoms with Crippen LogP contribution in [-0.4, -0.2) is 30.6 Å². The van der Waals surface area contributed by atoms with Crippen LogP contribution in [0.25, 0.3) is 0 Å². The lowest BCUT2D eigenvalue weighted by atomic mass is 9.97. The SMILES string of the molecule is COC(=O)/C=C\C(=O)Cc1ccc(NC(=O)/C=C\C(C)=O)c(C)c1C. The molecule has 25 heavy (non-hydrogen) atoms. The van der Waals surface area contributed by atoms with E-state index in [0.29, 0.717) is 5.69 Å². The second kappa shape index (κ2) is 9.32. The fourth-order valence-electron chi connectivity index (χ4n) is 2.05. The number of rotatable bonds is 7. The van der Waals surface area contributed by atoms with Crippen molar-refractivity contribution in [3.63, 3.8) is 0 Å². The minimum absolute atomic E-state index is 0.138. The third-order valence-electron chi connectivity index (χ3n) is 3.60. The van der Waals surface area contributed by atoms with E-state index in [2.05, 4.69) is 10.1 Å². The highest BCUT2D eigenvalue weighted by atomic mass is 16.5. The highest BCUT2D eigenvalue weighted by Gasteiger charge is 2.10. The summed E-state index contributed by atoms with van der Waals surface area (Å²) in [6.45, 7) is 5.04. The summed E-state index contributed by atoms with van der Waals surface area (Å²) < 4.78 is 4.44. The summed E-state index contributed by atoms with van der Waals surface area (Å²) in [5.74, 6) is -1.42. The number of hydrogen-bond acceptors (Lipinski definition) is 5. The second-order valence-electron chi connectivity index (χ2n) is 5.46. The summed E-state index contributed by atoms with van der Waals surface area (Å²) in [6.07, 6.45) is 4.77. The normalized spacial score (nSPS) is 10.9. The van der Waals surface area contributed by atoms with Gasteiger partial charge in [-0.3, -0.25) is 14.4 Å². The van der Waals surface area contributed by atoms with E-state index in [1.807, 2.05) is 13.8 Å². The topological polar surface area (TPSA) is 89.5 Å². The van der Waals surface area contributed by atoms with Gasteiger partial charge in [0.05, 0.1) is 7.11 Å². The van der Waals surface area contributed by atoms with Crippen molar-refractivity contribution in [2.45, 2.75) is 27.2 Å². The van der Waals surface area contributed by atoms with Gasteiger partial charge in [-0.1, -0.05) is 6.07 Å². The summed E-state index contributed by atoms with van der Waals surface area (Å²) in [7, 11) is 1.24. The van der Waals surface area contributed by atoms with Crippen LogP contribution in [0.2, 0.25) is 0 Å². The van der Waals surface area contributed by atoms with Gasteiger partial charge in [-0.05, 0) is 55.7 Å². The molecule has 0 fully saturated rings. The van der Waals surface area contributed by atoms with Crippen molar-refractivity contribution in [1.82, 2.24) is 0 Å². The Morgan fingerprint density at radius 3 is 2.28 bits per heavy atom. The number of carbonyl (C=O) groups is 4. The molecule has 0 unspecified atom stereocenters. The Kier molecular flexibility index (Phi) is 7.46. The maximum absolute atomic E-state index is 11.9. The molecule has 0 aliphatic rings. The van der Waals surface area contributed by atoms with E-state index >= 15 is 0 Å². The molecule has 0 spiro atoms. The van der Waals surface area contributed by atoms with E-state index in [0.717, 1.165) is 22.8 Å². The number of hydrogen-bond donors (Lipinski definition) is 1. The Bertz CT molecular complexity index is 759. The molecule has 0 aromatic heterocycles. The molecule has 1 aromatic carbocycles. The summed E-state index contributed by atoms with van der Waals surface area (Å²) in [4.78, 5) is 45.5. The summed E-state index contributed by atoms with van der Waals surface area (Å²) in [5.41, 5.74) is 3.10. The van der Waals surface area contributed by atoms with Crippen LogP contribution in [0, 0.1) is 13.8 Å². The molecule has 0 radical (unpaired) electrons. The van der Waals surface area contributed by atoms with Gasteiger partial charge in [0.25, 0.3) is 0 Å². The monoisotopic (exact) mass is 343 g/mol. The number of benzene rings is 1. The highest BCUT2D eigenvalue weighted by molar-refractivity contribution is 6.04. The van der Waals surface area contributed by atoms with Crippen molar-refractivity contribution in [1.29, 1.82) is 0 Å². The van der Waals surface area contributed by atoms with Crippen LogP contribution in [-0.2, 0) is 30.3 Å². The van der Waals surface area contributed by atoms with E-state index in [1.54, 1.807) is 12.1 Å². The number of ketones is 2. The van der Waals surface area contributed by atoms with Crippen molar-refractivity contribution >= 4 is 29.1 Å². The van der Waals surface area contributed by atoms with Crippen LogP contribution in [0.1, 0.15) is 23.6 Å². The molecule has 6 heteroatoms. The zero-order chi connectivity index (χ0) is 19.0. The molecule has 0 bridgehead atoms. The first kappa shape index (κ1) is 20.0. The van der Waals surface area contributed by atoms with E-state index in [1.165, 1.54) is 32.3 Å². The number of nitrogens with one attached hydrogen (secondary N) is 1. The molecule has 0 saturated heterocycles. The number of esters is 1. The summed E-state index contributed by atoms with van der Waals surface area (Å²) >= 11 is 0. The van der Waals surface area contributed by atoms with Crippen LogP contribution < -0.4 is 5.32 Å². The molecule has 0 aliphatic heterocycles. The number of amides is 1. The smallest absolute Gasteiger partial charge is 0.330 e. The van der Waals surface area contributed by atoms with Gasteiger partial charge in [-0.2, -0.15) is 0 Å². The largest absolute Gasteiger partial charge is 0.466 e. The lowest BCUT2D eigenvalue weighted by Crippen LogP contribution is -2.11. The maximum atomic E-state index is 11.9. The van der Waals surface area contributed by atoms with Gasteiger partial charge in [0.15, 0.2) is 11.6 Å². The third kappa shape index (κ3) is 6.55. The molecule has 0 saturated carbocycles. The standard InChI is InChI=1S/C19H21NO5/c1-12(21)5-9-18(23)20-17-8-6-15(13(2)14(17)3)11-16(22)7-10-19(24)25-4/h5-10H,11H2,1-4H3,(H,20,23)/b9-5-,10-7-. The van der Waals surface area contributed by atoms with Gasteiger partial charge >= 0.3 is 5.97 Å². The van der Waals surface area contributed by atoms with E-state index < -0.39 is 11.9 Å². The fourth-order valence-corrected chi connectivity index (χ4v) is 2.05. The molecule has 132 valence electrons. The number of anilines is 1. The predicted octanol–water partition coefficient (Wildman–Crippen LogP) is 2.23. The minimum atomic E-state index is -0.585. The Morgan fingerprint density at radius 2 is 1.68 bits per heavy atom. The molecular formula is C19H21NO5. The number of methoxy groups -OCH3 is 1. The van der Waals surface area contributed by atoms with Gasteiger partial charge in [-0.25, -0.2) is 4.79 Å². The molecule has 0 atom stereocenters. The average molecular weight is 343 g/mol. The summed E-state index contributed by atoms with van der Waals surface area (Å²) in [6, 6.07) is 3.45. The molecule has 0 aliphatic carbocycles. The summed E-state index contributed by atoms with van der Waals surface area (Å²) in [5, 5.41) is 2.70. The van der Waals surface area contributed by atoms with Gasteiger partial charge in [0.2, 0.25) is 5.91 Å². The maximum Gasteiger partial charge on any atom is 0.330 e. The van der Waals surface area contributed by atoms with Crippen LogP contribution in [0.5, 0.6) is 0 Å². The average Bonchev–Trinajstić information content (AvgIpc) is 2.57. The van der Waals surface area contributed by atoms with Gasteiger partial charge < -0.3 is 10.1 Å². The van der Waals surface area contributed by atoms with E-state index in [4.69, 9.17) is 0 Å². The van der Waals surface area contributed by atoms with E-state index in [9.17, 15) is 19.2 Å². The Hall–Kier alpha value is -3.02. The molecule has 0 heterocycles. The van der Waals surface area contributed by atoms with Crippen LogP contribution in [0.3, 0.4) is 0 Å². The zero-order valence-corrected chi connectivity index (χ0v) is 14.7. The quantitative estimate of drug-likeness (QED) is 0.606. The van der Waals surface area contributed by atoms with Crippen LogP contribution in [0.4, 0.5) is 5.69 Å². The Balaban J connectivity index is 2.87. The van der Waals surface area contributed by atoms with Gasteiger partial charge in [-0.15, -0.1) is 0 Å². The molecule has 1 N–H and O–H groups in total. The molecule has 6 nitrogen and oxygen atoms in total. The van der Waals surface area contributed by atoms with Crippen molar-refractivity contribution in [2.24, 2.45) is 0 Å². The minimum Gasteiger partial charge on any atom is -0.466 e. The predicted molar refractivity (Wildman–Crippen MR) is 94.2 cm³/mol. The third-order valence-corrected chi connectivity index (χ3v) is 3.60. The van der Waals surface area contributed by atoms with Crippen LogP contribution >= 0.6 is 0 Å². The van der Waals surface area contributed by atoms with Gasteiger partial charge in [0.1, 0.15) is 0 Å². The van der Waals surface area contributed by atoms with Crippen molar-refractivity contribution in [2.75, 3.05) is 12.4 Å². The van der Waals surface area contributed by atoms with Crippen molar-refractivity contribution < 1.29 is 23.9 Å². The second-order valence-corrected chi connectivity index (χ2v) is 5.46. The lowest BCUT2D eigenvalue weighted by molar-refractivity contribution is -0.135. The van der Waals surface area contributed by atoms with Crippen molar-refractivity contribution in [3.05, 3.63) is 53.1 Å². The first-order valence-electron chi connectivity index (χ1n) is 7.62. The number of allylic oxidation sites excluding steroid dienone is 2. The van der Waals surface area contributed by atoms with E-state index in [-0.39, 0.29) is 18.0 Å². The number of carbonyl (C=O) groups excluding carboxylic acids is 4. The Morgan fingerprint density at radius 1 is 1.00 bits per heavy atom. The highest BCUT2D eigenvalue weighted by Crippen LogP contribution is 2.23. The molecule has 1 rings (SSSR count). The lowest BCUT2D eigenvalue weighted by Gasteiger charge is -2.13. The fraction of sp³-hybridized carbons (Fsp3) is 0.263. The first-order valence-corrected chi connectivity index (χ1v) is 7.62. The zero-order valence-electron chi connectivity index (χ0n) is 14.7. The first-order chi connectivity index (χ1) is 11.7. The number of ether oxygens (including phenoxy) is 1. The van der Waals surface area contributed by atoms with Crippen molar-refractivity contribution in [3.8, 4) is 0 Å². The molecule has 1 aromatic rings.